The first-order valence-corrected chi connectivity index (χ1v) is 9.34. The quantitative estimate of drug-likeness (QED) is 0.390. The predicted octanol–water partition coefficient (Wildman–Crippen LogP) is 4.82. The summed E-state index contributed by atoms with van der Waals surface area (Å²) in [5.41, 5.74) is 0.988. The molecule has 3 N–H and O–H groups in total. The molecule has 0 aliphatic heterocycles. The normalized spacial score (nSPS) is 13.9. The number of benzene rings is 1. The fraction of sp³-hybridized carbons (Fsp3) is 0.300. The zero-order chi connectivity index (χ0) is 20.6. The Balaban J connectivity index is 1.60. The van der Waals surface area contributed by atoms with Gasteiger partial charge in [-0.25, -0.2) is 9.37 Å². The van der Waals surface area contributed by atoms with Crippen LogP contribution in [0, 0.1) is 15.9 Å². The highest BCUT2D eigenvalue weighted by Crippen LogP contribution is 2.39. The molecule has 9 heteroatoms. The third-order valence-corrected chi connectivity index (χ3v) is 4.94. The predicted molar refractivity (Wildman–Crippen MR) is 108 cm³/mol. The van der Waals surface area contributed by atoms with Gasteiger partial charge in [-0.3, -0.25) is 15.2 Å². The second-order valence-corrected chi connectivity index (χ2v) is 7.69. The van der Waals surface area contributed by atoms with Crippen molar-refractivity contribution in [3.05, 3.63) is 69.7 Å². The largest absolute Gasteiger partial charge is 0.355 e. The van der Waals surface area contributed by atoms with Crippen molar-refractivity contribution >= 4 is 23.1 Å². The van der Waals surface area contributed by atoms with E-state index in [0.29, 0.717) is 17.6 Å². The molecule has 0 radical (unpaired) electrons. The number of anilines is 3. The van der Waals surface area contributed by atoms with Crippen LogP contribution in [0.4, 0.5) is 27.5 Å². The van der Waals surface area contributed by atoms with E-state index < -0.39 is 10.5 Å². The standard InChI is InChI=1S/C20H21FN6O2/c1-20(2,13-5-7-14(21)8-6-13)24-19-16(27(28)29)9-10-17(23-19)22-18-11-15(25-26-18)12-3-4-12/h5-12H,3-4H2,1-2H3,(H3,22,23,24,25,26). The zero-order valence-electron chi connectivity index (χ0n) is 16.1. The Morgan fingerprint density at radius 1 is 1.17 bits per heavy atom. The van der Waals surface area contributed by atoms with Crippen molar-refractivity contribution in [2.75, 3.05) is 10.6 Å². The maximum absolute atomic E-state index is 13.2. The fourth-order valence-electron chi connectivity index (χ4n) is 3.13. The molecule has 0 amide bonds. The number of pyridine rings is 1. The maximum atomic E-state index is 13.2. The van der Waals surface area contributed by atoms with Gasteiger partial charge in [-0.05, 0) is 50.5 Å². The molecule has 1 aliphatic rings. The second-order valence-electron chi connectivity index (χ2n) is 7.69. The highest BCUT2D eigenvalue weighted by atomic mass is 19.1. The lowest BCUT2D eigenvalue weighted by atomic mass is 9.94. The highest BCUT2D eigenvalue weighted by molar-refractivity contribution is 5.64. The molecular formula is C20H21FN6O2. The molecule has 0 unspecified atom stereocenters. The summed E-state index contributed by atoms with van der Waals surface area (Å²) in [5, 5.41) is 24.9. The number of hydrogen-bond donors (Lipinski definition) is 3. The van der Waals surface area contributed by atoms with Crippen LogP contribution in [-0.4, -0.2) is 20.1 Å². The number of nitro groups is 1. The fourth-order valence-corrected chi connectivity index (χ4v) is 3.13. The zero-order valence-corrected chi connectivity index (χ0v) is 16.1. The van der Waals surface area contributed by atoms with Gasteiger partial charge in [0.15, 0.2) is 5.82 Å². The van der Waals surface area contributed by atoms with E-state index in [1.165, 1.54) is 18.2 Å². The molecule has 8 nitrogen and oxygen atoms in total. The summed E-state index contributed by atoms with van der Waals surface area (Å²) in [6.45, 7) is 3.70. The van der Waals surface area contributed by atoms with Crippen LogP contribution in [0.25, 0.3) is 0 Å². The molecule has 2 heterocycles. The molecule has 29 heavy (non-hydrogen) atoms. The minimum atomic E-state index is -0.713. The smallest absolute Gasteiger partial charge is 0.311 e. The maximum Gasteiger partial charge on any atom is 0.311 e. The highest BCUT2D eigenvalue weighted by Gasteiger charge is 2.27. The number of aromatic amines is 1. The van der Waals surface area contributed by atoms with Crippen LogP contribution in [-0.2, 0) is 5.54 Å². The summed E-state index contributed by atoms with van der Waals surface area (Å²) in [7, 11) is 0. The van der Waals surface area contributed by atoms with Crippen molar-refractivity contribution in [1.82, 2.24) is 15.2 Å². The number of rotatable bonds is 7. The summed E-state index contributed by atoms with van der Waals surface area (Å²) < 4.78 is 13.2. The molecule has 0 atom stereocenters. The van der Waals surface area contributed by atoms with E-state index in [-0.39, 0.29) is 17.3 Å². The third-order valence-electron chi connectivity index (χ3n) is 4.94. The van der Waals surface area contributed by atoms with Crippen molar-refractivity contribution in [1.29, 1.82) is 0 Å². The van der Waals surface area contributed by atoms with E-state index in [2.05, 4.69) is 25.8 Å². The first-order valence-electron chi connectivity index (χ1n) is 9.34. The third kappa shape index (κ3) is 4.18. The Morgan fingerprint density at radius 3 is 2.55 bits per heavy atom. The van der Waals surface area contributed by atoms with Gasteiger partial charge in [0.2, 0.25) is 5.82 Å². The van der Waals surface area contributed by atoms with Gasteiger partial charge in [0.25, 0.3) is 0 Å². The lowest BCUT2D eigenvalue weighted by molar-refractivity contribution is -0.384. The van der Waals surface area contributed by atoms with Crippen molar-refractivity contribution < 1.29 is 9.31 Å². The minimum Gasteiger partial charge on any atom is -0.355 e. The summed E-state index contributed by atoms with van der Waals surface area (Å²) >= 11 is 0. The van der Waals surface area contributed by atoms with E-state index in [1.54, 1.807) is 18.2 Å². The van der Waals surface area contributed by atoms with E-state index in [0.717, 1.165) is 24.1 Å². The van der Waals surface area contributed by atoms with E-state index >= 15 is 0 Å². The number of hydrogen-bond acceptors (Lipinski definition) is 6. The first-order chi connectivity index (χ1) is 13.8. The van der Waals surface area contributed by atoms with Crippen LogP contribution in [0.5, 0.6) is 0 Å². The van der Waals surface area contributed by atoms with Gasteiger partial charge in [-0.1, -0.05) is 12.1 Å². The van der Waals surface area contributed by atoms with Gasteiger partial charge in [0, 0.05) is 23.7 Å². The molecule has 1 aromatic carbocycles. The van der Waals surface area contributed by atoms with Gasteiger partial charge in [-0.2, -0.15) is 5.10 Å². The number of halogens is 1. The molecule has 150 valence electrons. The van der Waals surface area contributed by atoms with Crippen molar-refractivity contribution in [3.63, 3.8) is 0 Å². The monoisotopic (exact) mass is 396 g/mol. The Morgan fingerprint density at radius 2 is 1.90 bits per heavy atom. The number of nitrogens with one attached hydrogen (secondary N) is 3. The molecular weight excluding hydrogens is 375 g/mol. The van der Waals surface area contributed by atoms with Crippen LogP contribution < -0.4 is 10.6 Å². The van der Waals surface area contributed by atoms with Crippen LogP contribution in [0.3, 0.4) is 0 Å². The molecule has 4 rings (SSSR count). The Bertz CT molecular complexity index is 1040. The summed E-state index contributed by atoms with van der Waals surface area (Å²) in [6.07, 6.45) is 2.31. The molecule has 1 aliphatic carbocycles. The van der Waals surface area contributed by atoms with Gasteiger partial charge >= 0.3 is 5.69 Å². The second kappa shape index (κ2) is 7.16. The van der Waals surface area contributed by atoms with Crippen LogP contribution in [0.15, 0.2) is 42.5 Å². The Hall–Kier alpha value is -3.49. The van der Waals surface area contributed by atoms with Gasteiger partial charge in [0.1, 0.15) is 11.6 Å². The molecule has 0 saturated heterocycles. The molecule has 1 saturated carbocycles. The summed E-state index contributed by atoms with van der Waals surface area (Å²) in [6, 6.07) is 10.9. The molecule has 1 fully saturated rings. The molecule has 2 aromatic heterocycles. The van der Waals surface area contributed by atoms with Crippen molar-refractivity contribution in [2.24, 2.45) is 0 Å². The Kier molecular flexibility index (Phi) is 4.65. The Labute approximate surface area is 166 Å². The van der Waals surface area contributed by atoms with Crippen LogP contribution in [0.2, 0.25) is 0 Å². The average molecular weight is 396 g/mol. The first kappa shape index (κ1) is 18.9. The van der Waals surface area contributed by atoms with E-state index in [4.69, 9.17) is 0 Å². The molecule has 3 aromatic rings. The van der Waals surface area contributed by atoms with E-state index in [1.807, 2.05) is 19.9 Å². The van der Waals surface area contributed by atoms with Crippen molar-refractivity contribution in [2.45, 2.75) is 38.1 Å². The lowest BCUT2D eigenvalue weighted by Gasteiger charge is -2.27. The van der Waals surface area contributed by atoms with Gasteiger partial charge < -0.3 is 10.6 Å². The number of H-pyrrole nitrogens is 1. The van der Waals surface area contributed by atoms with Gasteiger partial charge in [-0.15, -0.1) is 0 Å². The number of nitrogens with zero attached hydrogens (tertiary/aromatic N) is 3. The van der Waals surface area contributed by atoms with Crippen LogP contribution in [0.1, 0.15) is 43.9 Å². The average Bonchev–Trinajstić information content (AvgIpc) is 3.41. The SMILES string of the molecule is CC(C)(Nc1nc(Nc2cc(C3CC3)[nH]n2)ccc1[N+](=O)[O-])c1ccc(F)cc1. The summed E-state index contributed by atoms with van der Waals surface area (Å²) in [4.78, 5) is 15.4. The number of aromatic nitrogens is 3. The molecule has 0 spiro atoms. The summed E-state index contributed by atoms with van der Waals surface area (Å²) in [5.74, 6) is 1.35. The molecule has 0 bridgehead atoms. The lowest BCUT2D eigenvalue weighted by Crippen LogP contribution is -2.29. The van der Waals surface area contributed by atoms with Crippen molar-refractivity contribution in [3.8, 4) is 0 Å². The van der Waals surface area contributed by atoms with Gasteiger partial charge in [0.05, 0.1) is 10.5 Å². The topological polar surface area (TPSA) is 109 Å². The van der Waals surface area contributed by atoms with E-state index in [9.17, 15) is 14.5 Å². The minimum absolute atomic E-state index is 0.118. The van der Waals surface area contributed by atoms with Crippen LogP contribution >= 0.6 is 0 Å².